The third kappa shape index (κ3) is 3.34. The molecule has 0 aromatic heterocycles. The van der Waals surface area contributed by atoms with Crippen LogP contribution in [0.5, 0.6) is 0 Å². The maximum Gasteiger partial charge on any atom is 0.305 e. The van der Waals surface area contributed by atoms with E-state index < -0.39 is 5.66 Å². The van der Waals surface area contributed by atoms with Crippen molar-refractivity contribution in [1.29, 1.82) is 0 Å². The highest BCUT2D eigenvalue weighted by Crippen LogP contribution is 2.17. The lowest BCUT2D eigenvalue weighted by Crippen LogP contribution is -2.46. The molecule has 1 aromatic carbocycles. The number of hydrogen-bond donors (Lipinski definition) is 2. The summed E-state index contributed by atoms with van der Waals surface area (Å²) >= 11 is 0. The summed E-state index contributed by atoms with van der Waals surface area (Å²) in [7, 11) is 1.35. The number of methoxy groups -OCH3 is 1. The molecule has 0 aliphatic rings. The van der Waals surface area contributed by atoms with Crippen molar-refractivity contribution < 1.29 is 9.53 Å². The molecule has 0 saturated carbocycles. The van der Waals surface area contributed by atoms with Crippen LogP contribution in [-0.4, -0.2) is 13.1 Å². The van der Waals surface area contributed by atoms with Gasteiger partial charge >= 0.3 is 5.97 Å². The fraction of sp³-hybridized carbons (Fsp3) is 0.364. The van der Waals surface area contributed by atoms with Crippen LogP contribution < -0.4 is 11.5 Å². The maximum absolute atomic E-state index is 11.0. The lowest BCUT2D eigenvalue weighted by Gasteiger charge is -2.24. The lowest BCUT2D eigenvalue weighted by molar-refractivity contribution is -0.141. The second-order valence-electron chi connectivity index (χ2n) is 3.48. The van der Waals surface area contributed by atoms with Gasteiger partial charge in [0, 0.05) is 6.42 Å². The zero-order valence-corrected chi connectivity index (χ0v) is 8.77. The van der Waals surface area contributed by atoms with Crippen LogP contribution in [0.2, 0.25) is 0 Å². The molecule has 4 heteroatoms. The highest BCUT2D eigenvalue weighted by atomic mass is 16.5. The number of hydrogen-bond acceptors (Lipinski definition) is 4. The summed E-state index contributed by atoms with van der Waals surface area (Å²) in [6, 6.07) is 9.30. The zero-order valence-electron chi connectivity index (χ0n) is 8.77. The van der Waals surface area contributed by atoms with Crippen LogP contribution in [0.25, 0.3) is 0 Å². The Morgan fingerprint density at radius 3 is 2.47 bits per heavy atom. The van der Waals surface area contributed by atoms with Crippen LogP contribution in [-0.2, 0) is 15.2 Å². The summed E-state index contributed by atoms with van der Waals surface area (Å²) in [6.07, 6.45) is 0.585. The van der Waals surface area contributed by atoms with E-state index >= 15 is 0 Å². The van der Waals surface area contributed by atoms with Crippen LogP contribution >= 0.6 is 0 Å². The number of carbonyl (C=O) groups excluding carboxylic acids is 1. The highest BCUT2D eigenvalue weighted by molar-refractivity contribution is 5.69. The molecule has 0 radical (unpaired) electrons. The molecule has 0 atom stereocenters. The van der Waals surface area contributed by atoms with E-state index in [1.165, 1.54) is 7.11 Å². The fourth-order valence-electron chi connectivity index (χ4n) is 1.30. The molecule has 82 valence electrons. The number of benzene rings is 1. The molecule has 0 heterocycles. The van der Waals surface area contributed by atoms with Gasteiger partial charge in [-0.15, -0.1) is 0 Å². The first-order chi connectivity index (χ1) is 7.06. The molecule has 0 spiro atoms. The van der Waals surface area contributed by atoms with E-state index in [1.807, 2.05) is 30.3 Å². The van der Waals surface area contributed by atoms with Crippen LogP contribution in [0, 0.1) is 0 Å². The first kappa shape index (κ1) is 11.7. The second kappa shape index (κ2) is 4.91. The van der Waals surface area contributed by atoms with Gasteiger partial charge in [0.1, 0.15) is 0 Å². The summed E-state index contributed by atoms with van der Waals surface area (Å²) in [6.45, 7) is 0. The number of ether oxygens (including phenoxy) is 1. The van der Waals surface area contributed by atoms with Crippen molar-refractivity contribution in [1.82, 2.24) is 0 Å². The van der Waals surface area contributed by atoms with Crippen LogP contribution in [0.3, 0.4) is 0 Å². The van der Waals surface area contributed by atoms with Crippen molar-refractivity contribution >= 4 is 5.97 Å². The van der Waals surface area contributed by atoms with Crippen LogP contribution in [0.15, 0.2) is 30.3 Å². The van der Waals surface area contributed by atoms with Gasteiger partial charge in [-0.25, -0.2) is 0 Å². The first-order valence-corrected chi connectivity index (χ1v) is 4.76. The standard InChI is InChI=1S/C11H16N2O2/c1-15-10(14)7-8-11(12,13)9-5-3-2-4-6-9/h2-6H,7-8,12-13H2,1H3. The van der Waals surface area contributed by atoms with E-state index in [-0.39, 0.29) is 12.4 Å². The molecule has 0 aliphatic carbocycles. The van der Waals surface area contributed by atoms with E-state index in [9.17, 15) is 4.79 Å². The van der Waals surface area contributed by atoms with Crippen molar-refractivity contribution in [2.75, 3.05) is 7.11 Å². The van der Waals surface area contributed by atoms with Gasteiger partial charge in [0.2, 0.25) is 0 Å². The predicted molar refractivity (Wildman–Crippen MR) is 57.7 cm³/mol. The van der Waals surface area contributed by atoms with E-state index in [1.54, 1.807) is 0 Å². The average molecular weight is 208 g/mol. The Balaban J connectivity index is 2.63. The summed E-state index contributed by atoms with van der Waals surface area (Å²) in [5.74, 6) is -0.300. The van der Waals surface area contributed by atoms with Crippen molar-refractivity contribution in [2.45, 2.75) is 18.5 Å². The monoisotopic (exact) mass is 208 g/mol. The minimum Gasteiger partial charge on any atom is -0.469 e. The van der Waals surface area contributed by atoms with Crippen molar-refractivity contribution in [3.63, 3.8) is 0 Å². The largest absolute Gasteiger partial charge is 0.469 e. The van der Waals surface area contributed by atoms with Crippen molar-refractivity contribution in [3.05, 3.63) is 35.9 Å². The van der Waals surface area contributed by atoms with E-state index in [4.69, 9.17) is 11.5 Å². The molecule has 0 saturated heterocycles. The molecular weight excluding hydrogens is 192 g/mol. The topological polar surface area (TPSA) is 78.3 Å². The third-order valence-corrected chi connectivity index (χ3v) is 2.28. The number of rotatable bonds is 4. The first-order valence-electron chi connectivity index (χ1n) is 4.76. The molecule has 0 amide bonds. The number of esters is 1. The fourth-order valence-corrected chi connectivity index (χ4v) is 1.30. The number of carbonyl (C=O) groups is 1. The van der Waals surface area contributed by atoms with Gasteiger partial charge in [0.25, 0.3) is 0 Å². The van der Waals surface area contributed by atoms with Crippen molar-refractivity contribution in [3.8, 4) is 0 Å². The molecule has 1 rings (SSSR count). The molecule has 0 aliphatic heterocycles. The van der Waals surface area contributed by atoms with Gasteiger partial charge in [-0.1, -0.05) is 30.3 Å². The van der Waals surface area contributed by atoms with Gasteiger partial charge in [-0.3, -0.25) is 4.79 Å². The Morgan fingerprint density at radius 2 is 1.93 bits per heavy atom. The quantitative estimate of drug-likeness (QED) is 0.564. The van der Waals surface area contributed by atoms with Crippen LogP contribution in [0.4, 0.5) is 0 Å². The maximum atomic E-state index is 11.0. The molecule has 15 heavy (non-hydrogen) atoms. The van der Waals surface area contributed by atoms with Gasteiger partial charge in [0.15, 0.2) is 0 Å². The van der Waals surface area contributed by atoms with E-state index in [2.05, 4.69) is 4.74 Å². The molecule has 0 unspecified atom stereocenters. The lowest BCUT2D eigenvalue weighted by atomic mass is 9.96. The van der Waals surface area contributed by atoms with Gasteiger partial charge < -0.3 is 16.2 Å². The molecule has 0 fully saturated rings. The Morgan fingerprint density at radius 1 is 1.33 bits per heavy atom. The number of nitrogens with two attached hydrogens (primary N) is 2. The van der Waals surface area contributed by atoms with E-state index in [0.29, 0.717) is 6.42 Å². The minimum atomic E-state index is -0.977. The SMILES string of the molecule is COC(=O)CCC(N)(N)c1ccccc1. The summed E-state index contributed by atoms with van der Waals surface area (Å²) in [5.41, 5.74) is 11.7. The molecular formula is C11H16N2O2. The smallest absolute Gasteiger partial charge is 0.305 e. The summed E-state index contributed by atoms with van der Waals surface area (Å²) in [5, 5.41) is 0. The predicted octanol–water partition coefficient (Wildman–Crippen LogP) is 0.710. The average Bonchev–Trinajstić information content (AvgIpc) is 2.27. The third-order valence-electron chi connectivity index (χ3n) is 2.28. The van der Waals surface area contributed by atoms with Gasteiger partial charge in [0.05, 0.1) is 12.8 Å². The van der Waals surface area contributed by atoms with Gasteiger partial charge in [-0.05, 0) is 12.0 Å². The highest BCUT2D eigenvalue weighted by Gasteiger charge is 2.22. The molecule has 4 nitrogen and oxygen atoms in total. The summed E-state index contributed by atoms with van der Waals surface area (Å²) in [4.78, 5) is 11.0. The Bertz CT molecular complexity index is 323. The van der Waals surface area contributed by atoms with Gasteiger partial charge in [-0.2, -0.15) is 0 Å². The molecule has 1 aromatic rings. The van der Waals surface area contributed by atoms with E-state index in [0.717, 1.165) is 5.56 Å². The Hall–Kier alpha value is -1.39. The normalized spacial score (nSPS) is 11.1. The summed E-state index contributed by atoms with van der Waals surface area (Å²) < 4.78 is 4.53. The van der Waals surface area contributed by atoms with Crippen LogP contribution in [0.1, 0.15) is 18.4 Å². The van der Waals surface area contributed by atoms with Crippen molar-refractivity contribution in [2.24, 2.45) is 11.5 Å². The zero-order chi connectivity index (χ0) is 11.3. The minimum absolute atomic E-state index is 0.221. The molecule has 4 N–H and O–H groups in total. The second-order valence-corrected chi connectivity index (χ2v) is 3.48. The Labute approximate surface area is 89.2 Å². The Kier molecular flexibility index (Phi) is 3.82. The molecule has 0 bridgehead atoms.